The van der Waals surface area contributed by atoms with E-state index >= 15 is 0 Å². The second-order valence-electron chi connectivity index (χ2n) is 22.8. The molecule has 2 aliphatic carbocycles. The number of halogens is 1. The molecule has 0 spiro atoms. The number of nitrogens with zero attached hydrogens (tertiary/aromatic N) is 4. The maximum absolute atomic E-state index is 10.4. The molecule has 1 atom stereocenters. The van der Waals surface area contributed by atoms with E-state index in [2.05, 4.69) is 205 Å². The molecule has 0 fully saturated rings. The normalized spacial score (nSPS) is 18.7. The molecule has 2 aromatic heterocycles. The molecule has 13 heteroatoms. The summed E-state index contributed by atoms with van der Waals surface area (Å²) in [6, 6.07) is 33.0. The molecule has 0 saturated heterocycles. The summed E-state index contributed by atoms with van der Waals surface area (Å²) >= 11 is 7.66. The molecule has 2 aliphatic heterocycles. The molecule has 0 radical (unpaired) electrons. The number of hydrogen-bond acceptors (Lipinski definition) is 9. The number of anilines is 2. The molecule has 7 aromatic rings. The van der Waals surface area contributed by atoms with E-state index in [-0.39, 0.29) is 34.3 Å². The summed E-state index contributed by atoms with van der Waals surface area (Å²) < 4.78 is 38.8. The molecule has 0 amide bonds. The zero-order chi connectivity index (χ0) is 56.3. The lowest BCUT2D eigenvalue weighted by atomic mass is 9.75. The Labute approximate surface area is 510 Å². The van der Waals surface area contributed by atoms with Gasteiger partial charge in [0.25, 0.3) is 10.0 Å². The minimum absolute atomic E-state index is 0. The Hall–Kier alpha value is -4.74. The zero-order valence-electron chi connectivity index (χ0n) is 48.6. The average molecular weight is 1270 g/mol. The summed E-state index contributed by atoms with van der Waals surface area (Å²) in [6.07, 6.45) is 22.9. The second kappa shape index (κ2) is 26.2. The minimum Gasteiger partial charge on any atom is -1.00 e. The highest BCUT2D eigenvalue weighted by Gasteiger charge is 2.30. The quantitative estimate of drug-likeness (QED) is 0.0585. The summed E-state index contributed by atoms with van der Waals surface area (Å²) in [4.78, 5) is 7.37. The molecule has 0 N–H and O–H groups in total. The van der Waals surface area contributed by atoms with Crippen molar-refractivity contribution in [3.8, 4) is 0 Å². The Balaban J connectivity index is 0.000000177. The van der Waals surface area contributed by atoms with Crippen LogP contribution in [-0.2, 0) is 23.7 Å². The van der Waals surface area contributed by atoms with Crippen molar-refractivity contribution in [1.82, 2.24) is 0 Å². The first kappa shape index (κ1) is 61.3. The van der Waals surface area contributed by atoms with E-state index in [9.17, 15) is 13.0 Å². The SMILES string of the molecule is CCCCC[n+]1c(C=C2C=C(C=C3Sc4cc(C)ccc4N3CC)CC(C)(C)C2)sc2cc(C)ccc21.Cc1ccc(S(=O)(=O)[O-])cc1.Cc1ccc2c(c1)SC(=CC1=CC(=Cc3sc4cc(C)ccc4[n+]3C)CC(C)C1)N2C.[I-]. The van der Waals surface area contributed by atoms with Crippen LogP contribution in [0.4, 0.5) is 11.4 Å². The smallest absolute Gasteiger partial charge is 0.263 e. The van der Waals surface area contributed by atoms with E-state index in [1.807, 2.05) is 53.1 Å². The monoisotopic (exact) mass is 1270 g/mol. The van der Waals surface area contributed by atoms with E-state index < -0.39 is 10.1 Å². The van der Waals surface area contributed by atoms with Gasteiger partial charge in [-0.15, -0.1) is 0 Å². The van der Waals surface area contributed by atoms with Gasteiger partial charge in [-0.1, -0.05) is 134 Å². The first-order valence-electron chi connectivity index (χ1n) is 27.8. The maximum Gasteiger partial charge on any atom is 0.263 e. The van der Waals surface area contributed by atoms with Gasteiger partial charge in [-0.25, -0.2) is 8.42 Å². The number of allylic oxidation sites excluding steroid dienone is 8. The third kappa shape index (κ3) is 14.9. The topological polar surface area (TPSA) is 71.4 Å². The fraction of sp³-hybridized carbons (Fsp3) is 0.343. The van der Waals surface area contributed by atoms with Crippen LogP contribution in [0, 0.1) is 46.0 Å². The van der Waals surface area contributed by atoms with Gasteiger partial charge in [-0.05, 0) is 190 Å². The van der Waals surface area contributed by atoms with Gasteiger partial charge in [0.05, 0.1) is 26.3 Å². The number of unbranched alkanes of at least 4 members (excludes halogenated alkanes) is 2. The highest BCUT2D eigenvalue weighted by Crippen LogP contribution is 2.49. The molecule has 4 aliphatic rings. The fourth-order valence-corrected chi connectivity index (χ4v) is 16.5. The van der Waals surface area contributed by atoms with Gasteiger partial charge >= 0.3 is 0 Å². The Morgan fingerprint density at radius 1 is 0.650 bits per heavy atom. The highest BCUT2D eigenvalue weighted by atomic mass is 127. The van der Waals surface area contributed by atoms with Crippen molar-refractivity contribution >= 4 is 100 Å². The summed E-state index contributed by atoms with van der Waals surface area (Å²) in [5.41, 5.74) is 17.6. The second-order valence-corrected chi connectivity index (χ2v) is 28.5. The molecule has 80 heavy (non-hydrogen) atoms. The Morgan fingerprint density at radius 3 is 1.86 bits per heavy atom. The number of fused-ring (bicyclic) bond motifs is 4. The third-order valence-corrected chi connectivity index (χ3v) is 20.3. The standard InChI is InChI=1S/C33H41N2S2.C27H29N2S2.C7H8O3S.HI/c1-7-9-10-15-35-28-14-12-24(4)17-30(28)37-32(35)20-26-18-25(21-33(5,6)22-26)19-31-34(8-2)27-13-11-23(3)16-29(27)36-31;1-17-6-8-22-24(12-17)30-26(28(22)4)15-20-10-19(3)11-21(14-20)16-27-29(5)23-9-7-18(2)13-25(23)31-27;1-6-2-4-7(5-3-6)11(8,9)10;/h11-14,16-20H,7-10,15,21-22H2,1-6H3;6-9,12-16,19H,10-11H2,1-5H3;2-5H,1H3,(H,8,9,10);1H/q2*+1;;/p-2. The van der Waals surface area contributed by atoms with Crippen LogP contribution in [0.5, 0.6) is 0 Å². The number of thioether (sulfide) groups is 2. The van der Waals surface area contributed by atoms with Crippen LogP contribution in [0.15, 0.2) is 168 Å². The number of benzene rings is 5. The highest BCUT2D eigenvalue weighted by molar-refractivity contribution is 8.04. The van der Waals surface area contributed by atoms with Crippen molar-refractivity contribution in [3.05, 3.63) is 192 Å². The summed E-state index contributed by atoms with van der Waals surface area (Å²) in [6.45, 7) is 24.4. The van der Waals surface area contributed by atoms with Crippen LogP contribution >= 0.6 is 46.2 Å². The molecule has 420 valence electrons. The van der Waals surface area contributed by atoms with Gasteiger partial charge in [0.1, 0.15) is 26.6 Å². The van der Waals surface area contributed by atoms with Gasteiger partial charge in [-0.3, -0.25) is 0 Å². The average Bonchev–Trinajstić information content (AvgIpc) is 4.09. The minimum atomic E-state index is -4.27. The van der Waals surface area contributed by atoms with Crippen molar-refractivity contribution < 1.29 is 46.1 Å². The third-order valence-electron chi connectivity index (χ3n) is 14.9. The van der Waals surface area contributed by atoms with Gasteiger partial charge < -0.3 is 38.3 Å². The number of hydrogen-bond donors (Lipinski definition) is 0. The fourth-order valence-electron chi connectivity index (χ4n) is 11.0. The molecule has 0 bridgehead atoms. The first-order valence-corrected chi connectivity index (χ1v) is 32.5. The predicted molar refractivity (Wildman–Crippen MR) is 338 cm³/mol. The molecule has 0 saturated carbocycles. The molecule has 4 heterocycles. The predicted octanol–water partition coefficient (Wildman–Crippen LogP) is 14.7. The molecular formula is C67H77IN4O3S5. The number of thiazole rings is 2. The molecule has 5 aromatic carbocycles. The molecule has 11 rings (SSSR count). The first-order chi connectivity index (χ1) is 37.6. The lowest BCUT2D eigenvalue weighted by Gasteiger charge is -2.31. The van der Waals surface area contributed by atoms with Crippen LogP contribution in [0.1, 0.15) is 117 Å². The summed E-state index contributed by atoms with van der Waals surface area (Å²) in [7, 11) is 0.0970. The summed E-state index contributed by atoms with van der Waals surface area (Å²) in [5, 5.41) is 5.39. The van der Waals surface area contributed by atoms with E-state index in [0.717, 1.165) is 44.3 Å². The van der Waals surface area contributed by atoms with Crippen LogP contribution in [0.25, 0.3) is 32.6 Å². The van der Waals surface area contributed by atoms with Gasteiger partial charge in [-0.2, -0.15) is 9.13 Å². The van der Waals surface area contributed by atoms with Crippen molar-refractivity contribution in [2.75, 3.05) is 23.4 Å². The molecular weight excluding hydrogens is 1200 g/mol. The number of aromatic nitrogens is 2. The van der Waals surface area contributed by atoms with Gasteiger partial charge in [0, 0.05) is 54.1 Å². The van der Waals surface area contributed by atoms with Gasteiger partial charge in [0.15, 0.2) is 6.54 Å². The van der Waals surface area contributed by atoms with Crippen LogP contribution < -0.4 is 42.9 Å². The van der Waals surface area contributed by atoms with Crippen molar-refractivity contribution in [2.45, 2.75) is 135 Å². The lowest BCUT2D eigenvalue weighted by molar-refractivity contribution is -0.669. The van der Waals surface area contributed by atoms with Crippen LogP contribution in [-0.4, -0.2) is 26.6 Å². The van der Waals surface area contributed by atoms with Crippen LogP contribution in [0.2, 0.25) is 0 Å². The molecule has 1 unspecified atom stereocenters. The Kier molecular flexibility index (Phi) is 20.1. The van der Waals surface area contributed by atoms with Crippen molar-refractivity contribution in [3.63, 3.8) is 0 Å². The van der Waals surface area contributed by atoms with E-state index in [1.54, 1.807) is 12.1 Å². The Bertz CT molecular complexity index is 3750. The maximum atomic E-state index is 10.4. The number of aryl methyl sites for hydroxylation is 7. The molecule has 7 nitrogen and oxygen atoms in total. The van der Waals surface area contributed by atoms with E-state index in [0.29, 0.717) is 5.92 Å². The Morgan fingerprint density at radius 2 is 1.20 bits per heavy atom. The van der Waals surface area contributed by atoms with Crippen molar-refractivity contribution in [2.24, 2.45) is 18.4 Å². The van der Waals surface area contributed by atoms with E-state index in [4.69, 9.17) is 0 Å². The number of rotatable bonds is 10. The van der Waals surface area contributed by atoms with Crippen LogP contribution in [0.3, 0.4) is 0 Å². The van der Waals surface area contributed by atoms with Gasteiger partial charge in [0.2, 0.25) is 11.0 Å². The van der Waals surface area contributed by atoms with E-state index in [1.165, 1.54) is 138 Å². The zero-order valence-corrected chi connectivity index (χ0v) is 54.8. The van der Waals surface area contributed by atoms with Crippen molar-refractivity contribution in [1.29, 1.82) is 0 Å². The summed E-state index contributed by atoms with van der Waals surface area (Å²) in [5.74, 6) is 0.659. The lowest BCUT2D eigenvalue weighted by Crippen LogP contribution is -3.00. The largest absolute Gasteiger partial charge is 1.00 e.